The van der Waals surface area contributed by atoms with Crippen LogP contribution in [0.15, 0.2) is 78.3 Å². The van der Waals surface area contributed by atoms with Gasteiger partial charge in [-0.25, -0.2) is 22.4 Å². The standard InChI is InChI=1S/C35H42N8O2S/c1-4-26-19-27(21-36-34(26)41-17-15-39(3)16-18-41)28-20-32-33(29-23-38-42(24-29)30-11-13-40(5-2)14-12-30)25-43(35(32)37-22-28)46(44,45)31-9-7-6-8-10-31/h6-10,19-25,30H,4-5,11-18H2,1-3H3. The van der Waals surface area contributed by atoms with Crippen LogP contribution in [-0.4, -0.2) is 94.8 Å². The van der Waals surface area contributed by atoms with Crippen LogP contribution in [0.25, 0.3) is 33.3 Å². The first kappa shape index (κ1) is 30.6. The number of benzene rings is 1. The average molecular weight is 639 g/mol. The Labute approximate surface area is 271 Å². The Balaban J connectivity index is 1.30. The number of piperazine rings is 1. The molecule has 0 saturated carbocycles. The lowest BCUT2D eigenvalue weighted by Gasteiger charge is -2.34. The van der Waals surface area contributed by atoms with Crippen molar-refractivity contribution in [3.05, 3.63) is 79.0 Å². The van der Waals surface area contributed by atoms with Gasteiger partial charge in [-0.1, -0.05) is 32.0 Å². The van der Waals surface area contributed by atoms with Crippen molar-refractivity contribution < 1.29 is 8.42 Å². The molecule has 7 rings (SSSR count). The third kappa shape index (κ3) is 5.72. The molecular weight excluding hydrogens is 597 g/mol. The summed E-state index contributed by atoms with van der Waals surface area (Å²) in [5.74, 6) is 1.05. The summed E-state index contributed by atoms with van der Waals surface area (Å²) in [5, 5.41) is 5.53. The number of anilines is 1. The maximum absolute atomic E-state index is 13.9. The first-order valence-electron chi connectivity index (χ1n) is 16.4. The molecule has 2 aliphatic rings. The number of aryl methyl sites for hydroxylation is 1. The van der Waals surface area contributed by atoms with E-state index >= 15 is 0 Å². The number of likely N-dealkylation sites (N-methyl/N-ethyl adjacent to an activating group) is 1. The van der Waals surface area contributed by atoms with E-state index in [-0.39, 0.29) is 4.90 Å². The molecule has 0 spiro atoms. The Bertz CT molecular complexity index is 1940. The van der Waals surface area contributed by atoms with E-state index in [1.54, 1.807) is 36.7 Å². The Hall–Kier alpha value is -4.06. The lowest BCUT2D eigenvalue weighted by atomic mass is 10.0. The predicted octanol–water partition coefficient (Wildman–Crippen LogP) is 5.17. The molecule has 0 amide bonds. The quantitative estimate of drug-likeness (QED) is 0.230. The summed E-state index contributed by atoms with van der Waals surface area (Å²) in [7, 11) is -1.73. The van der Waals surface area contributed by atoms with E-state index in [0.717, 1.165) is 98.5 Å². The molecule has 240 valence electrons. The molecular formula is C35H42N8O2S. The second-order valence-corrected chi connectivity index (χ2v) is 14.3. The van der Waals surface area contributed by atoms with Crippen LogP contribution in [0.2, 0.25) is 0 Å². The van der Waals surface area contributed by atoms with Crippen LogP contribution < -0.4 is 4.90 Å². The molecule has 0 atom stereocenters. The largest absolute Gasteiger partial charge is 0.354 e. The van der Waals surface area contributed by atoms with E-state index in [9.17, 15) is 8.42 Å². The third-order valence-corrected chi connectivity index (χ3v) is 11.3. The Morgan fingerprint density at radius 2 is 1.54 bits per heavy atom. The molecule has 0 aliphatic carbocycles. The van der Waals surface area contributed by atoms with E-state index in [0.29, 0.717) is 11.7 Å². The van der Waals surface area contributed by atoms with Crippen LogP contribution in [0.5, 0.6) is 0 Å². The van der Waals surface area contributed by atoms with Crippen molar-refractivity contribution in [2.75, 3.05) is 57.8 Å². The Kier molecular flexibility index (Phi) is 8.39. The van der Waals surface area contributed by atoms with Gasteiger partial charge >= 0.3 is 0 Å². The summed E-state index contributed by atoms with van der Waals surface area (Å²) < 4.78 is 31.2. The molecule has 2 fully saturated rings. The first-order chi connectivity index (χ1) is 22.4. The Morgan fingerprint density at radius 1 is 0.826 bits per heavy atom. The van der Waals surface area contributed by atoms with Gasteiger partial charge in [0, 0.05) is 91.7 Å². The number of pyridine rings is 2. The van der Waals surface area contributed by atoms with Gasteiger partial charge in [-0.2, -0.15) is 5.10 Å². The minimum absolute atomic E-state index is 0.221. The van der Waals surface area contributed by atoms with E-state index < -0.39 is 10.0 Å². The smallest absolute Gasteiger partial charge is 0.269 e. The minimum Gasteiger partial charge on any atom is -0.354 e. The fourth-order valence-corrected chi connectivity index (χ4v) is 8.10. The molecule has 1 aromatic carbocycles. The molecule has 4 aromatic heterocycles. The second kappa shape index (κ2) is 12.6. The zero-order valence-electron chi connectivity index (χ0n) is 26.9. The second-order valence-electron chi connectivity index (χ2n) is 12.5. The van der Waals surface area contributed by atoms with Gasteiger partial charge in [-0.05, 0) is 62.7 Å². The van der Waals surface area contributed by atoms with Crippen LogP contribution >= 0.6 is 0 Å². The van der Waals surface area contributed by atoms with Crippen LogP contribution in [0, 0.1) is 0 Å². The zero-order chi connectivity index (χ0) is 31.8. The summed E-state index contributed by atoms with van der Waals surface area (Å²) >= 11 is 0. The normalized spacial score (nSPS) is 17.2. The predicted molar refractivity (Wildman–Crippen MR) is 183 cm³/mol. The lowest BCUT2D eigenvalue weighted by molar-refractivity contribution is 0.187. The molecule has 0 N–H and O–H groups in total. The van der Waals surface area contributed by atoms with Gasteiger partial charge in [0.1, 0.15) is 5.82 Å². The van der Waals surface area contributed by atoms with Crippen molar-refractivity contribution in [2.45, 2.75) is 44.0 Å². The maximum atomic E-state index is 13.9. The maximum Gasteiger partial charge on any atom is 0.269 e. The SMILES string of the molecule is CCc1cc(-c2cnc3c(c2)c(-c2cnn(C4CCN(CC)CC4)c2)cn3S(=O)(=O)c2ccccc2)cnc1N1CCN(C)CC1. The van der Waals surface area contributed by atoms with Crippen molar-refractivity contribution in [3.8, 4) is 22.3 Å². The molecule has 46 heavy (non-hydrogen) atoms. The molecule has 0 unspecified atom stereocenters. The number of hydrogen-bond donors (Lipinski definition) is 0. The Morgan fingerprint density at radius 3 is 2.26 bits per heavy atom. The molecule has 0 bridgehead atoms. The topological polar surface area (TPSA) is 92.4 Å². The number of aromatic nitrogens is 5. The van der Waals surface area contributed by atoms with Crippen LogP contribution in [0.3, 0.4) is 0 Å². The number of rotatable bonds is 8. The molecule has 5 aromatic rings. The summed E-state index contributed by atoms with van der Waals surface area (Å²) in [6, 6.07) is 13.1. The van der Waals surface area contributed by atoms with Crippen molar-refractivity contribution in [2.24, 2.45) is 0 Å². The van der Waals surface area contributed by atoms with Crippen molar-refractivity contribution in [3.63, 3.8) is 0 Å². The van der Waals surface area contributed by atoms with Crippen molar-refractivity contribution in [1.29, 1.82) is 0 Å². The van der Waals surface area contributed by atoms with Gasteiger partial charge in [-0.15, -0.1) is 0 Å². The molecule has 2 saturated heterocycles. The van der Waals surface area contributed by atoms with Gasteiger partial charge in [0.15, 0.2) is 5.65 Å². The van der Waals surface area contributed by atoms with Crippen LogP contribution in [0.1, 0.15) is 38.3 Å². The minimum atomic E-state index is -3.89. The van der Waals surface area contributed by atoms with Gasteiger partial charge < -0.3 is 14.7 Å². The molecule has 10 nitrogen and oxygen atoms in total. The highest BCUT2D eigenvalue weighted by molar-refractivity contribution is 7.90. The van der Waals surface area contributed by atoms with Crippen LogP contribution in [0.4, 0.5) is 5.82 Å². The molecule has 2 aliphatic heterocycles. The average Bonchev–Trinajstić information content (AvgIpc) is 3.74. The third-order valence-electron chi connectivity index (χ3n) is 9.66. The highest BCUT2D eigenvalue weighted by Gasteiger charge is 2.26. The fourth-order valence-electron chi connectivity index (χ4n) is 6.76. The van der Waals surface area contributed by atoms with Gasteiger partial charge in [0.05, 0.1) is 17.1 Å². The number of piperidine rings is 1. The summed E-state index contributed by atoms with van der Waals surface area (Å²) in [6.07, 6.45) is 12.3. The van der Waals surface area contributed by atoms with Crippen molar-refractivity contribution in [1.82, 2.24) is 33.5 Å². The van der Waals surface area contributed by atoms with E-state index in [1.807, 2.05) is 18.5 Å². The van der Waals surface area contributed by atoms with E-state index in [2.05, 4.69) is 58.6 Å². The number of nitrogens with zero attached hydrogens (tertiary/aromatic N) is 8. The number of likely N-dealkylation sites (tertiary alicyclic amines) is 1. The monoisotopic (exact) mass is 638 g/mol. The first-order valence-corrected chi connectivity index (χ1v) is 17.8. The highest BCUT2D eigenvalue weighted by Crippen LogP contribution is 2.36. The number of hydrogen-bond acceptors (Lipinski definition) is 8. The highest BCUT2D eigenvalue weighted by atomic mass is 32.2. The van der Waals surface area contributed by atoms with Gasteiger partial charge in [-0.3, -0.25) is 4.68 Å². The molecule has 0 radical (unpaired) electrons. The molecule has 11 heteroatoms. The number of fused-ring (bicyclic) bond motifs is 1. The lowest BCUT2D eigenvalue weighted by Crippen LogP contribution is -2.45. The fraction of sp³-hybridized carbons (Fsp3) is 0.400. The summed E-state index contributed by atoms with van der Waals surface area (Å²) in [6.45, 7) is 11.5. The van der Waals surface area contributed by atoms with Gasteiger partial charge in [0.2, 0.25) is 0 Å². The summed E-state index contributed by atoms with van der Waals surface area (Å²) in [4.78, 5) is 17.1. The molecule has 6 heterocycles. The summed E-state index contributed by atoms with van der Waals surface area (Å²) in [5.41, 5.74) is 5.12. The van der Waals surface area contributed by atoms with E-state index in [4.69, 9.17) is 15.1 Å². The zero-order valence-corrected chi connectivity index (χ0v) is 27.7. The van der Waals surface area contributed by atoms with Crippen molar-refractivity contribution >= 4 is 26.9 Å². The van der Waals surface area contributed by atoms with Crippen LogP contribution in [-0.2, 0) is 16.4 Å². The van der Waals surface area contributed by atoms with E-state index in [1.165, 1.54) is 9.54 Å². The van der Waals surface area contributed by atoms with Gasteiger partial charge in [0.25, 0.3) is 10.0 Å².